The zero-order valence-electron chi connectivity index (χ0n) is 14.2. The number of ether oxygens (including phenoxy) is 2. The molecule has 132 valence electrons. The van der Waals surface area contributed by atoms with Gasteiger partial charge in [-0.1, -0.05) is 18.2 Å². The van der Waals surface area contributed by atoms with E-state index in [1.807, 2.05) is 42.5 Å². The molecule has 2 atom stereocenters. The van der Waals surface area contributed by atoms with E-state index in [0.29, 0.717) is 18.8 Å². The molecule has 5 nitrogen and oxygen atoms in total. The molecule has 1 N–H and O–H groups in total. The van der Waals surface area contributed by atoms with Gasteiger partial charge in [0.2, 0.25) is 0 Å². The number of methoxy groups -OCH3 is 1. The molecule has 0 bridgehead atoms. The fraction of sp³-hybridized carbons (Fsp3) is 0.368. The predicted octanol–water partition coefficient (Wildman–Crippen LogP) is 2.91. The quantitative estimate of drug-likeness (QED) is 0.805. The molecule has 0 saturated carbocycles. The lowest BCUT2D eigenvalue weighted by molar-refractivity contribution is -0.0479. The molecule has 1 aliphatic heterocycles. The van der Waals surface area contributed by atoms with Crippen LogP contribution in [-0.2, 0) is 15.2 Å². The maximum atomic E-state index is 12.4. The number of aromatic nitrogens is 1. The third-order valence-electron chi connectivity index (χ3n) is 4.16. The highest BCUT2D eigenvalue weighted by Crippen LogP contribution is 2.20. The standard InChI is InChI=1S/C19H22N2O3S/c1-23-17-12-24-11-9-16(17)21-19(22)15-7-5-14(6-8-15)13-25-18-4-2-3-10-20-18/h2-8,10,16-17H,9,11-13H2,1H3,(H,21,22)/t16-,17-/m1/s1. The van der Waals surface area contributed by atoms with Crippen LogP contribution in [0, 0.1) is 0 Å². The average molecular weight is 358 g/mol. The first-order valence-corrected chi connectivity index (χ1v) is 9.29. The lowest BCUT2D eigenvalue weighted by Gasteiger charge is -2.31. The molecular weight excluding hydrogens is 336 g/mol. The molecule has 2 aromatic rings. The number of rotatable bonds is 6. The summed E-state index contributed by atoms with van der Waals surface area (Å²) in [5, 5.41) is 4.05. The van der Waals surface area contributed by atoms with Gasteiger partial charge in [-0.15, -0.1) is 11.8 Å². The predicted molar refractivity (Wildman–Crippen MR) is 97.7 cm³/mol. The van der Waals surface area contributed by atoms with Gasteiger partial charge in [0, 0.05) is 31.2 Å². The van der Waals surface area contributed by atoms with Crippen LogP contribution in [0.1, 0.15) is 22.3 Å². The van der Waals surface area contributed by atoms with Crippen LogP contribution in [-0.4, -0.2) is 43.4 Å². The molecule has 1 aromatic heterocycles. The van der Waals surface area contributed by atoms with Gasteiger partial charge in [-0.25, -0.2) is 4.98 Å². The second kappa shape index (κ2) is 8.99. The third-order valence-corrected chi connectivity index (χ3v) is 5.18. The van der Waals surface area contributed by atoms with E-state index in [0.717, 1.165) is 22.8 Å². The minimum absolute atomic E-state index is 0.00867. The summed E-state index contributed by atoms with van der Waals surface area (Å²) >= 11 is 1.68. The van der Waals surface area contributed by atoms with Crippen LogP contribution >= 0.6 is 11.8 Å². The molecule has 1 aromatic carbocycles. The first-order chi connectivity index (χ1) is 12.3. The van der Waals surface area contributed by atoms with Crippen molar-refractivity contribution >= 4 is 17.7 Å². The molecule has 25 heavy (non-hydrogen) atoms. The van der Waals surface area contributed by atoms with Crippen LogP contribution in [0.4, 0.5) is 0 Å². The van der Waals surface area contributed by atoms with Gasteiger partial charge in [-0.05, 0) is 36.2 Å². The Morgan fingerprint density at radius 2 is 2.16 bits per heavy atom. The summed E-state index contributed by atoms with van der Waals surface area (Å²) in [7, 11) is 1.65. The van der Waals surface area contributed by atoms with Crippen molar-refractivity contribution in [2.45, 2.75) is 29.3 Å². The van der Waals surface area contributed by atoms with Gasteiger partial charge in [0.25, 0.3) is 5.91 Å². The first-order valence-electron chi connectivity index (χ1n) is 8.30. The van der Waals surface area contributed by atoms with Crippen molar-refractivity contribution < 1.29 is 14.3 Å². The van der Waals surface area contributed by atoms with E-state index in [2.05, 4.69) is 10.3 Å². The monoisotopic (exact) mass is 358 g/mol. The molecule has 1 fully saturated rings. The van der Waals surface area contributed by atoms with E-state index in [1.54, 1.807) is 25.1 Å². The Morgan fingerprint density at radius 3 is 2.88 bits per heavy atom. The minimum atomic E-state index is -0.0910. The van der Waals surface area contributed by atoms with Crippen molar-refractivity contribution in [2.24, 2.45) is 0 Å². The molecule has 1 aliphatic rings. The van der Waals surface area contributed by atoms with Gasteiger partial charge in [-0.3, -0.25) is 4.79 Å². The Kier molecular flexibility index (Phi) is 6.44. The molecule has 0 radical (unpaired) electrons. The number of nitrogens with one attached hydrogen (secondary N) is 1. The third kappa shape index (κ3) is 5.04. The topological polar surface area (TPSA) is 60.5 Å². The lowest BCUT2D eigenvalue weighted by Crippen LogP contribution is -2.49. The minimum Gasteiger partial charge on any atom is -0.379 e. The maximum absolute atomic E-state index is 12.4. The van der Waals surface area contributed by atoms with Gasteiger partial charge in [0.05, 0.1) is 17.7 Å². The molecule has 3 rings (SSSR count). The van der Waals surface area contributed by atoms with Gasteiger partial charge in [0.15, 0.2) is 0 Å². The number of thioether (sulfide) groups is 1. The Hall–Kier alpha value is -1.89. The van der Waals surface area contributed by atoms with Crippen molar-refractivity contribution in [1.29, 1.82) is 0 Å². The van der Waals surface area contributed by atoms with Crippen LogP contribution in [0.15, 0.2) is 53.7 Å². The van der Waals surface area contributed by atoms with Crippen molar-refractivity contribution in [3.8, 4) is 0 Å². The highest BCUT2D eigenvalue weighted by Gasteiger charge is 2.27. The number of nitrogens with zero attached hydrogens (tertiary/aromatic N) is 1. The number of carbonyl (C=O) groups is 1. The molecule has 0 spiro atoms. The maximum Gasteiger partial charge on any atom is 0.251 e. The van der Waals surface area contributed by atoms with E-state index < -0.39 is 0 Å². The van der Waals surface area contributed by atoms with E-state index in [1.165, 1.54) is 0 Å². The molecule has 6 heteroatoms. The Morgan fingerprint density at radius 1 is 1.32 bits per heavy atom. The molecule has 1 saturated heterocycles. The second-order valence-corrected chi connectivity index (χ2v) is 6.87. The molecular formula is C19H22N2O3S. The summed E-state index contributed by atoms with van der Waals surface area (Å²) in [6.07, 6.45) is 2.47. The number of carbonyl (C=O) groups excluding carboxylic acids is 1. The van der Waals surface area contributed by atoms with Crippen LogP contribution < -0.4 is 5.32 Å². The zero-order valence-corrected chi connectivity index (χ0v) is 15.0. The van der Waals surface area contributed by atoms with E-state index in [-0.39, 0.29) is 18.1 Å². The fourth-order valence-electron chi connectivity index (χ4n) is 2.70. The number of hydrogen-bond acceptors (Lipinski definition) is 5. The van der Waals surface area contributed by atoms with E-state index in [4.69, 9.17) is 9.47 Å². The highest BCUT2D eigenvalue weighted by molar-refractivity contribution is 7.98. The summed E-state index contributed by atoms with van der Waals surface area (Å²) in [4.78, 5) is 16.7. The van der Waals surface area contributed by atoms with Crippen LogP contribution in [0.5, 0.6) is 0 Å². The summed E-state index contributed by atoms with van der Waals surface area (Å²) in [6, 6.07) is 13.6. The van der Waals surface area contributed by atoms with Crippen molar-refractivity contribution in [2.75, 3.05) is 20.3 Å². The smallest absolute Gasteiger partial charge is 0.251 e. The molecule has 2 heterocycles. The summed E-state index contributed by atoms with van der Waals surface area (Å²) in [5.41, 5.74) is 1.82. The van der Waals surface area contributed by atoms with Crippen LogP contribution in [0.3, 0.4) is 0 Å². The Labute approximate surface area is 152 Å². The van der Waals surface area contributed by atoms with Crippen molar-refractivity contribution in [3.63, 3.8) is 0 Å². The van der Waals surface area contributed by atoms with E-state index in [9.17, 15) is 4.79 Å². The summed E-state index contributed by atoms with van der Waals surface area (Å²) in [5.74, 6) is 0.753. The Balaban J connectivity index is 1.55. The van der Waals surface area contributed by atoms with Gasteiger partial charge in [-0.2, -0.15) is 0 Å². The normalized spacial score (nSPS) is 20.2. The SMILES string of the molecule is CO[C@@H]1COCC[C@H]1NC(=O)c1ccc(CSc2ccccn2)cc1. The average Bonchev–Trinajstić information content (AvgIpc) is 2.68. The van der Waals surface area contributed by atoms with Gasteiger partial charge >= 0.3 is 0 Å². The highest BCUT2D eigenvalue weighted by atomic mass is 32.2. The first kappa shape index (κ1) is 17.9. The van der Waals surface area contributed by atoms with Crippen LogP contribution in [0.25, 0.3) is 0 Å². The Bertz CT molecular complexity index is 679. The van der Waals surface area contributed by atoms with Gasteiger partial charge in [0.1, 0.15) is 6.10 Å². The zero-order chi connectivity index (χ0) is 17.5. The fourth-order valence-corrected chi connectivity index (χ4v) is 3.52. The number of amides is 1. The number of benzene rings is 1. The van der Waals surface area contributed by atoms with E-state index >= 15 is 0 Å². The van der Waals surface area contributed by atoms with Gasteiger partial charge < -0.3 is 14.8 Å². The molecule has 0 unspecified atom stereocenters. The summed E-state index contributed by atoms with van der Waals surface area (Å²) < 4.78 is 10.8. The van der Waals surface area contributed by atoms with Crippen LogP contribution in [0.2, 0.25) is 0 Å². The summed E-state index contributed by atoms with van der Waals surface area (Å²) in [6.45, 7) is 1.17. The largest absolute Gasteiger partial charge is 0.379 e. The van der Waals surface area contributed by atoms with Crippen molar-refractivity contribution in [3.05, 3.63) is 59.8 Å². The molecule has 0 aliphatic carbocycles. The number of hydrogen-bond donors (Lipinski definition) is 1. The van der Waals surface area contributed by atoms with Crippen molar-refractivity contribution in [1.82, 2.24) is 10.3 Å². The molecule has 1 amide bonds. The number of pyridine rings is 1. The second-order valence-electron chi connectivity index (χ2n) is 5.87. The lowest BCUT2D eigenvalue weighted by atomic mass is 10.0.